The maximum Gasteiger partial charge on any atom is 0.264 e. The van der Waals surface area contributed by atoms with Crippen LogP contribution in [-0.2, 0) is 6.42 Å². The van der Waals surface area contributed by atoms with Crippen molar-refractivity contribution in [3.8, 4) is 17.5 Å². The number of rotatable bonds is 3. The van der Waals surface area contributed by atoms with Crippen molar-refractivity contribution >= 4 is 55.4 Å². The van der Waals surface area contributed by atoms with Crippen LogP contribution in [0.2, 0.25) is 0 Å². The number of para-hydroxylation sites is 1. The predicted molar refractivity (Wildman–Crippen MR) is 161 cm³/mol. The highest BCUT2D eigenvalue weighted by Gasteiger charge is 2.17. The molecule has 0 spiro atoms. The minimum absolute atomic E-state index is 0.0505. The van der Waals surface area contributed by atoms with Crippen LogP contribution < -0.4 is 17.0 Å². The summed E-state index contributed by atoms with van der Waals surface area (Å²) in [6.45, 7) is 2.05. The molecular weight excluding hydrogens is 590 g/mol. The van der Waals surface area contributed by atoms with Gasteiger partial charge in [-0.1, -0.05) is 43.2 Å². The lowest BCUT2D eigenvalue weighted by Crippen LogP contribution is -2.23. The van der Waals surface area contributed by atoms with Gasteiger partial charge in [-0.3, -0.25) is 19.1 Å². The third-order valence-corrected chi connectivity index (χ3v) is 7.59. The Kier molecular flexibility index (Phi) is 7.72. The smallest absolute Gasteiger partial charge is 0.264 e. The van der Waals surface area contributed by atoms with E-state index in [0.717, 1.165) is 38.1 Å². The van der Waals surface area contributed by atoms with Crippen LogP contribution in [0.25, 0.3) is 22.1 Å². The summed E-state index contributed by atoms with van der Waals surface area (Å²) in [6, 6.07) is 17.2. The number of thiazole rings is 1. The average Bonchev–Trinajstić information content (AvgIpc) is 3.61. The number of pyridine rings is 1. The SMILES string of the molecule is CCc1c(Br)c2cccc(C#Cc3cncs3)c2c(=O)n1-c1ccccc1.NC(=O)c1c(N)nn2cccnc12. The lowest BCUT2D eigenvalue weighted by atomic mass is 10.0. The zero-order valence-electron chi connectivity index (χ0n) is 21.2. The Morgan fingerprint density at radius 2 is 1.90 bits per heavy atom. The monoisotopic (exact) mass is 611 g/mol. The molecule has 4 heterocycles. The third kappa shape index (κ3) is 5.10. The number of fused-ring (bicyclic) bond motifs is 2. The Balaban J connectivity index is 0.000000207. The quantitative estimate of drug-likeness (QED) is 0.281. The highest BCUT2D eigenvalue weighted by molar-refractivity contribution is 9.10. The van der Waals surface area contributed by atoms with Crippen LogP contribution in [0, 0.1) is 11.8 Å². The van der Waals surface area contributed by atoms with Crippen molar-refractivity contribution in [3.05, 3.63) is 115 Å². The first-order chi connectivity index (χ1) is 19.4. The first kappa shape index (κ1) is 26.8. The second-order valence-corrected chi connectivity index (χ2v) is 10.1. The summed E-state index contributed by atoms with van der Waals surface area (Å²) >= 11 is 5.22. The van der Waals surface area contributed by atoms with E-state index in [9.17, 15) is 9.59 Å². The van der Waals surface area contributed by atoms with E-state index in [1.807, 2.05) is 48.5 Å². The van der Waals surface area contributed by atoms with Crippen molar-refractivity contribution in [2.24, 2.45) is 5.73 Å². The summed E-state index contributed by atoms with van der Waals surface area (Å²) in [6.07, 6.45) is 5.65. The topological polar surface area (TPSA) is 134 Å². The van der Waals surface area contributed by atoms with Crippen molar-refractivity contribution in [3.63, 3.8) is 0 Å². The zero-order valence-corrected chi connectivity index (χ0v) is 23.6. The molecule has 0 bridgehead atoms. The van der Waals surface area contributed by atoms with Gasteiger partial charge in [-0.15, -0.1) is 16.4 Å². The fourth-order valence-corrected chi connectivity index (χ4v) is 5.52. The lowest BCUT2D eigenvalue weighted by Gasteiger charge is -2.16. The molecule has 0 saturated heterocycles. The Labute approximate surface area is 241 Å². The molecule has 198 valence electrons. The van der Waals surface area contributed by atoms with Gasteiger partial charge in [0, 0.05) is 39.2 Å². The second kappa shape index (κ2) is 11.5. The molecule has 1 amide bonds. The van der Waals surface area contributed by atoms with Gasteiger partial charge in [0.05, 0.1) is 22.0 Å². The number of nitrogens with zero attached hydrogens (tertiary/aromatic N) is 5. The van der Waals surface area contributed by atoms with E-state index in [4.69, 9.17) is 11.5 Å². The molecule has 0 aliphatic carbocycles. The van der Waals surface area contributed by atoms with Crippen molar-refractivity contribution in [2.45, 2.75) is 13.3 Å². The molecule has 0 unspecified atom stereocenters. The summed E-state index contributed by atoms with van der Waals surface area (Å²) in [5, 5.41) is 5.38. The molecule has 6 rings (SSSR count). The van der Waals surface area contributed by atoms with Gasteiger partial charge in [-0.2, -0.15) is 0 Å². The van der Waals surface area contributed by atoms with Crippen LogP contribution in [0.1, 0.15) is 33.4 Å². The Hall–Kier alpha value is -4.79. The molecule has 0 atom stereocenters. The predicted octanol–water partition coefficient (Wildman–Crippen LogP) is 4.58. The van der Waals surface area contributed by atoms with Gasteiger partial charge in [-0.25, -0.2) is 9.50 Å². The number of benzene rings is 2. The molecule has 2 aromatic carbocycles. The van der Waals surface area contributed by atoms with Gasteiger partial charge >= 0.3 is 0 Å². The molecule has 9 nitrogen and oxygen atoms in total. The minimum Gasteiger partial charge on any atom is -0.381 e. The molecule has 0 saturated carbocycles. The second-order valence-electron chi connectivity index (χ2n) is 8.45. The van der Waals surface area contributed by atoms with Crippen LogP contribution in [0.3, 0.4) is 0 Å². The maximum atomic E-state index is 13.5. The number of carbonyl (C=O) groups excluding carboxylic acids is 1. The fraction of sp³-hybridized carbons (Fsp3) is 0.0690. The summed E-state index contributed by atoms with van der Waals surface area (Å²) in [5.74, 6) is 5.75. The van der Waals surface area contributed by atoms with E-state index in [1.54, 1.807) is 34.7 Å². The highest BCUT2D eigenvalue weighted by Crippen LogP contribution is 2.29. The van der Waals surface area contributed by atoms with Crippen LogP contribution in [-0.4, -0.2) is 30.1 Å². The van der Waals surface area contributed by atoms with Crippen LogP contribution >= 0.6 is 27.3 Å². The number of primary amides is 1. The van der Waals surface area contributed by atoms with Crippen molar-refractivity contribution in [1.29, 1.82) is 0 Å². The Morgan fingerprint density at radius 1 is 1.10 bits per heavy atom. The van der Waals surface area contributed by atoms with Crippen LogP contribution in [0.4, 0.5) is 5.82 Å². The minimum atomic E-state index is -0.619. The van der Waals surface area contributed by atoms with E-state index in [2.05, 4.69) is 49.8 Å². The molecule has 11 heteroatoms. The van der Waals surface area contributed by atoms with E-state index < -0.39 is 5.91 Å². The normalized spacial score (nSPS) is 10.6. The van der Waals surface area contributed by atoms with E-state index >= 15 is 0 Å². The largest absolute Gasteiger partial charge is 0.381 e. The van der Waals surface area contributed by atoms with Gasteiger partial charge in [0.25, 0.3) is 11.5 Å². The summed E-state index contributed by atoms with van der Waals surface area (Å²) in [7, 11) is 0. The van der Waals surface area contributed by atoms with E-state index in [-0.39, 0.29) is 16.9 Å². The van der Waals surface area contributed by atoms with Gasteiger partial charge in [0.15, 0.2) is 11.5 Å². The molecule has 6 aromatic rings. The van der Waals surface area contributed by atoms with Gasteiger partial charge in [0.2, 0.25) is 0 Å². The van der Waals surface area contributed by atoms with E-state index in [0.29, 0.717) is 11.0 Å². The molecule has 0 aliphatic rings. The van der Waals surface area contributed by atoms with E-state index in [1.165, 1.54) is 15.9 Å². The number of carbonyl (C=O) groups is 1. The number of nitrogens with two attached hydrogens (primary N) is 2. The van der Waals surface area contributed by atoms with Gasteiger partial charge in [0.1, 0.15) is 5.56 Å². The molecule has 40 heavy (non-hydrogen) atoms. The number of anilines is 1. The van der Waals surface area contributed by atoms with Gasteiger partial charge < -0.3 is 11.5 Å². The first-order valence-electron chi connectivity index (χ1n) is 12.1. The molecule has 4 N–H and O–H groups in total. The molecule has 0 radical (unpaired) electrons. The number of aromatic nitrogens is 5. The van der Waals surface area contributed by atoms with Crippen molar-refractivity contribution in [2.75, 3.05) is 5.73 Å². The van der Waals surface area contributed by atoms with Crippen LogP contribution in [0.5, 0.6) is 0 Å². The van der Waals surface area contributed by atoms with Crippen molar-refractivity contribution in [1.82, 2.24) is 24.1 Å². The number of hydrogen-bond donors (Lipinski definition) is 2. The van der Waals surface area contributed by atoms with Gasteiger partial charge in [-0.05, 0) is 52.5 Å². The van der Waals surface area contributed by atoms with Crippen LogP contribution in [0.15, 0.2) is 88.0 Å². The third-order valence-electron chi connectivity index (χ3n) is 6.01. The summed E-state index contributed by atoms with van der Waals surface area (Å²) in [5.41, 5.74) is 15.4. The average molecular weight is 613 g/mol. The molecular formula is C29H22BrN7O2S. The zero-order chi connectivity index (χ0) is 28.2. The molecule has 4 aromatic heterocycles. The molecule has 0 fully saturated rings. The molecule has 0 aliphatic heterocycles. The van der Waals surface area contributed by atoms with Crippen molar-refractivity contribution < 1.29 is 4.79 Å². The highest BCUT2D eigenvalue weighted by atomic mass is 79.9. The summed E-state index contributed by atoms with van der Waals surface area (Å²) in [4.78, 5) is 33.3. The Bertz CT molecular complexity index is 1970. The number of amides is 1. The number of hydrogen-bond acceptors (Lipinski definition) is 7. The Morgan fingerprint density at radius 3 is 2.60 bits per heavy atom. The lowest BCUT2D eigenvalue weighted by molar-refractivity contribution is 0.100. The first-order valence-corrected chi connectivity index (χ1v) is 13.8. The number of nitrogen functional groups attached to an aromatic ring is 1. The summed E-state index contributed by atoms with van der Waals surface area (Å²) < 4.78 is 4.13. The fourth-order valence-electron chi connectivity index (χ4n) is 4.27. The maximum absolute atomic E-state index is 13.5. The standard InChI is InChI=1S/C22H15BrN2OS.C7H7N5O/c1-2-19-21(23)18-10-6-7-15(11-12-17-13-24-14-27-17)20(18)22(26)25(19)16-8-4-3-5-9-16;8-5-4(6(9)13)7-10-2-1-3-12(7)11-5/h3-10,13-14H,2H2,1H3;1-3H,(H2,8,11)(H2,9,13). The number of halogens is 1.